The lowest BCUT2D eigenvalue weighted by molar-refractivity contribution is 0.0717. The third-order valence-electron chi connectivity index (χ3n) is 3.90. The van der Waals surface area contributed by atoms with E-state index in [2.05, 4.69) is 33.2 Å². The lowest BCUT2D eigenvalue weighted by atomic mass is 9.77. The number of hydrogen-bond acceptors (Lipinski definition) is 3. The average molecular weight is 327 g/mol. The number of aliphatic hydroxyl groups excluding tert-OH is 1. The second-order valence-electron chi connectivity index (χ2n) is 5.44. The van der Waals surface area contributed by atoms with E-state index in [0.717, 1.165) is 25.7 Å². The molecule has 2 rings (SSSR count). The Morgan fingerprint density at radius 1 is 1.53 bits per heavy atom. The molecule has 0 atom stereocenters. The molecule has 1 fully saturated rings. The molecule has 0 spiro atoms. The summed E-state index contributed by atoms with van der Waals surface area (Å²) in [6, 6.07) is 3.46. The van der Waals surface area contributed by atoms with Crippen LogP contribution in [0, 0.1) is 5.92 Å². The minimum atomic E-state index is -0.462. The molecule has 1 aromatic rings. The molecule has 104 valence electrons. The Kier molecular flexibility index (Phi) is 4.58. The predicted octanol–water partition coefficient (Wildman–Crippen LogP) is 2.52. The number of pyridine rings is 1. The summed E-state index contributed by atoms with van der Waals surface area (Å²) >= 11 is 3.24. The van der Waals surface area contributed by atoms with Crippen molar-refractivity contribution in [2.75, 3.05) is 6.61 Å². The van der Waals surface area contributed by atoms with E-state index in [1.54, 1.807) is 12.1 Å². The van der Waals surface area contributed by atoms with Gasteiger partial charge < -0.3 is 10.4 Å². The summed E-state index contributed by atoms with van der Waals surface area (Å²) < 4.78 is 0.701. The second-order valence-corrected chi connectivity index (χ2v) is 6.26. The summed E-state index contributed by atoms with van der Waals surface area (Å²) in [7, 11) is 0. The molecule has 0 unspecified atom stereocenters. The van der Waals surface area contributed by atoms with Crippen molar-refractivity contribution < 1.29 is 9.90 Å². The number of carbonyl (C=O) groups is 1. The molecule has 1 saturated carbocycles. The van der Waals surface area contributed by atoms with E-state index in [-0.39, 0.29) is 12.5 Å². The SMILES string of the molecule is CC1CCC(CO)(NC(=O)c2ccc(Br)nc2)CC1. The van der Waals surface area contributed by atoms with E-state index in [1.807, 2.05) is 0 Å². The normalized spacial score (nSPS) is 27.0. The van der Waals surface area contributed by atoms with Crippen molar-refractivity contribution in [1.82, 2.24) is 10.3 Å². The monoisotopic (exact) mass is 326 g/mol. The molecule has 1 aromatic heterocycles. The third-order valence-corrected chi connectivity index (χ3v) is 4.37. The largest absolute Gasteiger partial charge is 0.394 e. The highest BCUT2D eigenvalue weighted by Gasteiger charge is 2.35. The van der Waals surface area contributed by atoms with Crippen LogP contribution in [0.2, 0.25) is 0 Å². The zero-order chi connectivity index (χ0) is 13.9. The van der Waals surface area contributed by atoms with Crippen LogP contribution in [0.4, 0.5) is 0 Å². The van der Waals surface area contributed by atoms with Gasteiger partial charge >= 0.3 is 0 Å². The van der Waals surface area contributed by atoms with E-state index in [9.17, 15) is 9.90 Å². The van der Waals surface area contributed by atoms with Crippen LogP contribution in [0.15, 0.2) is 22.9 Å². The summed E-state index contributed by atoms with van der Waals surface area (Å²) in [6.45, 7) is 2.21. The standard InChI is InChI=1S/C14H19BrN2O2/c1-10-4-6-14(9-18,7-5-10)17-13(19)11-2-3-12(15)16-8-11/h2-3,8,10,18H,4-7,9H2,1H3,(H,17,19). The van der Waals surface area contributed by atoms with E-state index in [1.165, 1.54) is 6.20 Å². The maximum atomic E-state index is 12.2. The van der Waals surface area contributed by atoms with Crippen molar-refractivity contribution in [3.05, 3.63) is 28.5 Å². The fourth-order valence-corrected chi connectivity index (χ4v) is 2.70. The number of amides is 1. The van der Waals surface area contributed by atoms with Crippen molar-refractivity contribution in [2.24, 2.45) is 5.92 Å². The van der Waals surface area contributed by atoms with Crippen molar-refractivity contribution in [3.8, 4) is 0 Å². The molecule has 0 saturated heterocycles. The number of aliphatic hydroxyl groups is 1. The summed E-state index contributed by atoms with van der Waals surface area (Å²) in [5, 5.41) is 12.6. The van der Waals surface area contributed by atoms with E-state index >= 15 is 0 Å². The summed E-state index contributed by atoms with van der Waals surface area (Å²) in [4.78, 5) is 16.2. The third kappa shape index (κ3) is 3.54. The average Bonchev–Trinajstić information content (AvgIpc) is 2.42. The Hall–Kier alpha value is -0.940. The highest BCUT2D eigenvalue weighted by Crippen LogP contribution is 2.31. The van der Waals surface area contributed by atoms with Crippen LogP contribution in [0.25, 0.3) is 0 Å². The molecule has 5 heteroatoms. The van der Waals surface area contributed by atoms with Gasteiger partial charge in [0.05, 0.1) is 17.7 Å². The Balaban J connectivity index is 2.06. The predicted molar refractivity (Wildman–Crippen MR) is 76.9 cm³/mol. The maximum absolute atomic E-state index is 12.2. The van der Waals surface area contributed by atoms with Gasteiger partial charge in [-0.05, 0) is 59.7 Å². The Morgan fingerprint density at radius 2 is 2.21 bits per heavy atom. The topological polar surface area (TPSA) is 62.2 Å². The molecule has 1 aliphatic rings. The molecule has 0 bridgehead atoms. The highest BCUT2D eigenvalue weighted by atomic mass is 79.9. The Labute approximate surface area is 121 Å². The molecular weight excluding hydrogens is 308 g/mol. The molecule has 19 heavy (non-hydrogen) atoms. The van der Waals surface area contributed by atoms with Gasteiger partial charge in [0.1, 0.15) is 4.60 Å². The molecule has 1 amide bonds. The molecule has 0 aromatic carbocycles. The van der Waals surface area contributed by atoms with Crippen LogP contribution >= 0.6 is 15.9 Å². The number of carbonyl (C=O) groups excluding carboxylic acids is 1. The van der Waals surface area contributed by atoms with Crippen molar-refractivity contribution in [2.45, 2.75) is 38.1 Å². The van der Waals surface area contributed by atoms with Crippen molar-refractivity contribution >= 4 is 21.8 Å². The number of aromatic nitrogens is 1. The second kappa shape index (κ2) is 6.01. The first-order chi connectivity index (χ1) is 9.04. The first-order valence-electron chi connectivity index (χ1n) is 6.60. The van der Waals surface area contributed by atoms with Gasteiger partial charge in [-0.3, -0.25) is 4.79 Å². The minimum absolute atomic E-state index is 0.00455. The fourth-order valence-electron chi connectivity index (χ4n) is 2.46. The van der Waals surface area contributed by atoms with E-state index in [4.69, 9.17) is 0 Å². The van der Waals surface area contributed by atoms with Gasteiger partial charge in [0.2, 0.25) is 0 Å². The first kappa shape index (κ1) is 14.5. The highest BCUT2D eigenvalue weighted by molar-refractivity contribution is 9.10. The summed E-state index contributed by atoms with van der Waals surface area (Å²) in [5.74, 6) is 0.509. The molecule has 1 aliphatic carbocycles. The lowest BCUT2D eigenvalue weighted by Gasteiger charge is -2.38. The molecule has 0 radical (unpaired) electrons. The zero-order valence-electron chi connectivity index (χ0n) is 11.0. The summed E-state index contributed by atoms with van der Waals surface area (Å²) in [5.41, 5.74) is 0.0612. The van der Waals surface area contributed by atoms with Crippen LogP contribution in [-0.2, 0) is 0 Å². The van der Waals surface area contributed by atoms with Gasteiger partial charge in [-0.15, -0.1) is 0 Å². The summed E-state index contributed by atoms with van der Waals surface area (Å²) in [6.07, 6.45) is 5.29. The van der Waals surface area contributed by atoms with Crippen LogP contribution in [-0.4, -0.2) is 28.1 Å². The van der Waals surface area contributed by atoms with Crippen LogP contribution < -0.4 is 5.32 Å². The molecule has 4 nitrogen and oxygen atoms in total. The fraction of sp³-hybridized carbons (Fsp3) is 0.571. The van der Waals surface area contributed by atoms with Crippen molar-refractivity contribution in [3.63, 3.8) is 0 Å². The van der Waals surface area contributed by atoms with Crippen LogP contribution in [0.1, 0.15) is 43.0 Å². The van der Waals surface area contributed by atoms with Crippen LogP contribution in [0.3, 0.4) is 0 Å². The smallest absolute Gasteiger partial charge is 0.253 e. The van der Waals surface area contributed by atoms with E-state index in [0.29, 0.717) is 16.1 Å². The van der Waals surface area contributed by atoms with Gasteiger partial charge in [0.25, 0.3) is 5.91 Å². The minimum Gasteiger partial charge on any atom is -0.394 e. The van der Waals surface area contributed by atoms with Gasteiger partial charge in [-0.1, -0.05) is 6.92 Å². The number of nitrogens with one attached hydrogen (secondary N) is 1. The van der Waals surface area contributed by atoms with E-state index < -0.39 is 5.54 Å². The zero-order valence-corrected chi connectivity index (χ0v) is 12.6. The van der Waals surface area contributed by atoms with Crippen LogP contribution in [0.5, 0.6) is 0 Å². The van der Waals surface area contributed by atoms with Gasteiger partial charge in [-0.25, -0.2) is 4.98 Å². The lowest BCUT2D eigenvalue weighted by Crippen LogP contribution is -2.53. The van der Waals surface area contributed by atoms with Gasteiger partial charge in [0.15, 0.2) is 0 Å². The maximum Gasteiger partial charge on any atom is 0.253 e. The number of rotatable bonds is 3. The molecule has 0 aliphatic heterocycles. The van der Waals surface area contributed by atoms with Gasteiger partial charge in [-0.2, -0.15) is 0 Å². The van der Waals surface area contributed by atoms with Crippen molar-refractivity contribution in [1.29, 1.82) is 0 Å². The quantitative estimate of drug-likeness (QED) is 0.839. The molecule has 2 N–H and O–H groups in total. The first-order valence-corrected chi connectivity index (χ1v) is 7.39. The van der Waals surface area contributed by atoms with Gasteiger partial charge in [0, 0.05) is 6.20 Å². The molecule has 1 heterocycles. The number of nitrogens with zero attached hydrogens (tertiary/aromatic N) is 1. The Morgan fingerprint density at radius 3 is 2.74 bits per heavy atom. The number of hydrogen-bond donors (Lipinski definition) is 2. The molecular formula is C14H19BrN2O2. The Bertz CT molecular complexity index is 439. The number of halogens is 1.